The van der Waals surface area contributed by atoms with Crippen LogP contribution in [0.3, 0.4) is 0 Å². The predicted octanol–water partition coefficient (Wildman–Crippen LogP) is 5.07. The minimum atomic E-state index is -0.404. The Hall–Kier alpha value is -3.16. The molecule has 5 nitrogen and oxygen atoms in total. The van der Waals surface area contributed by atoms with Gasteiger partial charge in [-0.1, -0.05) is 36.4 Å². The lowest BCUT2D eigenvalue weighted by atomic mass is 10.2. The normalized spacial score (nSPS) is 16.6. The average molecular weight is 421 g/mol. The van der Waals surface area contributed by atoms with Gasteiger partial charge in [-0.15, -0.1) is 11.3 Å². The van der Waals surface area contributed by atoms with Crippen LogP contribution in [0.25, 0.3) is 6.08 Å². The molecule has 1 fully saturated rings. The quantitative estimate of drug-likeness (QED) is 0.553. The van der Waals surface area contributed by atoms with Gasteiger partial charge in [-0.3, -0.25) is 14.5 Å². The fourth-order valence-corrected chi connectivity index (χ4v) is 4.50. The summed E-state index contributed by atoms with van der Waals surface area (Å²) in [6.45, 7) is 0. The Balaban J connectivity index is 1.79. The number of hydrogen-bond acceptors (Lipinski definition) is 5. The van der Waals surface area contributed by atoms with E-state index in [-0.39, 0.29) is 5.91 Å². The van der Waals surface area contributed by atoms with Crippen LogP contribution >= 0.6 is 23.1 Å². The number of thioether (sulfide) groups is 1. The molecule has 3 aromatic rings. The summed E-state index contributed by atoms with van der Waals surface area (Å²) in [7, 11) is 1.54. The maximum Gasteiger partial charge on any atom is 0.279 e. The predicted molar refractivity (Wildman–Crippen MR) is 119 cm³/mol. The molecule has 0 spiro atoms. The number of methoxy groups -OCH3 is 1. The highest BCUT2D eigenvalue weighted by atomic mass is 32.2. The molecule has 0 unspecified atom stereocenters. The van der Waals surface area contributed by atoms with Crippen molar-refractivity contribution in [3.8, 4) is 5.75 Å². The standard InChI is InChI=1S/C22H16N2O3S2/c1-27-18-12-6-5-11-17(18)24-21(26)19(14-16-10-7-13-28-16)29-22(24)23-20(25)15-8-3-2-4-9-15/h2-14H,1H3/b19-14+,23-22?. The van der Waals surface area contributed by atoms with Crippen molar-refractivity contribution in [2.45, 2.75) is 0 Å². The molecule has 1 aliphatic rings. The molecule has 0 atom stereocenters. The number of amides is 2. The number of hydrogen-bond donors (Lipinski definition) is 0. The third-order valence-electron chi connectivity index (χ3n) is 4.17. The number of thiophene rings is 1. The zero-order chi connectivity index (χ0) is 20.2. The number of para-hydroxylation sites is 2. The van der Waals surface area contributed by atoms with E-state index in [0.717, 1.165) is 4.88 Å². The van der Waals surface area contributed by atoms with Gasteiger partial charge < -0.3 is 4.74 Å². The molecule has 1 aliphatic heterocycles. The van der Waals surface area contributed by atoms with Crippen molar-refractivity contribution in [2.24, 2.45) is 4.99 Å². The minimum Gasteiger partial charge on any atom is -0.495 e. The molecule has 7 heteroatoms. The number of rotatable bonds is 4. The number of amidine groups is 1. The van der Waals surface area contributed by atoms with Crippen molar-refractivity contribution >= 4 is 51.8 Å². The molecule has 1 aromatic heterocycles. The lowest BCUT2D eigenvalue weighted by molar-refractivity contribution is -0.113. The first-order chi connectivity index (χ1) is 14.2. The van der Waals surface area contributed by atoms with E-state index >= 15 is 0 Å². The first-order valence-corrected chi connectivity index (χ1v) is 10.5. The number of ether oxygens (including phenoxy) is 1. The highest BCUT2D eigenvalue weighted by Gasteiger charge is 2.36. The number of nitrogens with zero attached hydrogens (tertiary/aromatic N) is 2. The van der Waals surface area contributed by atoms with E-state index in [1.807, 2.05) is 41.8 Å². The van der Waals surface area contributed by atoms with Crippen molar-refractivity contribution in [2.75, 3.05) is 12.0 Å². The molecule has 0 N–H and O–H groups in total. The molecule has 2 amide bonds. The molecule has 0 aliphatic carbocycles. The Morgan fingerprint density at radius 1 is 1.03 bits per heavy atom. The molecule has 2 heterocycles. The van der Waals surface area contributed by atoms with E-state index in [4.69, 9.17) is 4.74 Å². The van der Waals surface area contributed by atoms with Gasteiger partial charge in [0.15, 0.2) is 5.17 Å². The van der Waals surface area contributed by atoms with Crippen LogP contribution < -0.4 is 9.64 Å². The molecular formula is C22H16N2O3S2. The average Bonchev–Trinajstić information content (AvgIpc) is 3.37. The Morgan fingerprint density at radius 2 is 1.79 bits per heavy atom. The van der Waals surface area contributed by atoms with Gasteiger partial charge in [0, 0.05) is 10.4 Å². The largest absolute Gasteiger partial charge is 0.495 e. The number of benzene rings is 2. The highest BCUT2D eigenvalue weighted by Crippen LogP contribution is 2.40. The summed E-state index contributed by atoms with van der Waals surface area (Å²) in [6, 6.07) is 19.8. The fourth-order valence-electron chi connectivity index (χ4n) is 2.81. The van der Waals surface area contributed by atoms with Crippen molar-refractivity contribution < 1.29 is 14.3 Å². The maximum atomic E-state index is 13.2. The number of aliphatic imine (C=N–C) groups is 1. The van der Waals surface area contributed by atoms with Gasteiger partial charge >= 0.3 is 0 Å². The first kappa shape index (κ1) is 19.2. The van der Waals surface area contributed by atoms with Crippen molar-refractivity contribution in [1.29, 1.82) is 0 Å². The van der Waals surface area contributed by atoms with Crippen LogP contribution in [-0.2, 0) is 4.79 Å². The Labute approximate surface area is 176 Å². The molecule has 0 radical (unpaired) electrons. The molecule has 29 heavy (non-hydrogen) atoms. The molecule has 0 bridgehead atoms. The van der Waals surface area contributed by atoms with Crippen LogP contribution in [0.15, 0.2) is 82.0 Å². The zero-order valence-corrected chi connectivity index (χ0v) is 17.1. The van der Waals surface area contributed by atoms with Crippen molar-refractivity contribution in [3.63, 3.8) is 0 Å². The monoisotopic (exact) mass is 420 g/mol. The summed E-state index contributed by atoms with van der Waals surface area (Å²) in [5.74, 6) is -0.121. The van der Waals surface area contributed by atoms with E-state index < -0.39 is 5.91 Å². The van der Waals surface area contributed by atoms with Gasteiger partial charge in [-0.2, -0.15) is 4.99 Å². The fraction of sp³-hybridized carbons (Fsp3) is 0.0455. The van der Waals surface area contributed by atoms with E-state index in [1.54, 1.807) is 43.5 Å². The van der Waals surface area contributed by atoms with Crippen LogP contribution in [0, 0.1) is 0 Å². The van der Waals surface area contributed by atoms with Crippen molar-refractivity contribution in [1.82, 2.24) is 0 Å². The van der Waals surface area contributed by atoms with Crippen LogP contribution in [-0.4, -0.2) is 24.1 Å². The first-order valence-electron chi connectivity index (χ1n) is 8.76. The number of carbonyl (C=O) groups is 2. The van der Waals surface area contributed by atoms with Gasteiger partial charge in [0.05, 0.1) is 17.7 Å². The van der Waals surface area contributed by atoms with E-state index in [2.05, 4.69) is 4.99 Å². The Morgan fingerprint density at radius 3 is 2.52 bits per heavy atom. The van der Waals surface area contributed by atoms with Gasteiger partial charge in [-0.25, -0.2) is 0 Å². The van der Waals surface area contributed by atoms with Crippen LogP contribution in [0.1, 0.15) is 15.2 Å². The third kappa shape index (κ3) is 4.01. The second-order valence-electron chi connectivity index (χ2n) is 6.00. The van der Waals surface area contributed by atoms with E-state index in [9.17, 15) is 9.59 Å². The second-order valence-corrected chi connectivity index (χ2v) is 7.99. The SMILES string of the molecule is COc1ccccc1N1C(=O)/C(=C\c2cccs2)SC1=NC(=O)c1ccccc1. The lowest BCUT2D eigenvalue weighted by Gasteiger charge is -2.18. The number of carbonyl (C=O) groups excluding carboxylic acids is 2. The number of anilines is 1. The summed E-state index contributed by atoms with van der Waals surface area (Å²) in [5.41, 5.74) is 1.01. The smallest absolute Gasteiger partial charge is 0.279 e. The Kier molecular flexibility index (Phi) is 5.59. The Bertz CT molecular complexity index is 1110. The maximum absolute atomic E-state index is 13.2. The summed E-state index contributed by atoms with van der Waals surface area (Å²) in [6.07, 6.45) is 1.82. The topological polar surface area (TPSA) is 59.0 Å². The summed E-state index contributed by atoms with van der Waals surface area (Å²) in [5, 5.41) is 2.25. The molecular weight excluding hydrogens is 404 g/mol. The van der Waals surface area contributed by atoms with Gasteiger partial charge in [0.2, 0.25) is 0 Å². The zero-order valence-electron chi connectivity index (χ0n) is 15.4. The van der Waals surface area contributed by atoms with Gasteiger partial charge in [0.1, 0.15) is 5.75 Å². The van der Waals surface area contributed by atoms with Gasteiger partial charge in [-0.05, 0) is 53.5 Å². The van der Waals surface area contributed by atoms with Crippen LogP contribution in [0.5, 0.6) is 5.75 Å². The van der Waals surface area contributed by atoms with Crippen LogP contribution in [0.2, 0.25) is 0 Å². The summed E-state index contributed by atoms with van der Waals surface area (Å²) >= 11 is 2.72. The van der Waals surface area contributed by atoms with Gasteiger partial charge in [0.25, 0.3) is 11.8 Å². The molecule has 144 valence electrons. The molecule has 0 saturated carbocycles. The summed E-state index contributed by atoms with van der Waals surface area (Å²) in [4.78, 5) is 33.0. The molecule has 4 rings (SSSR count). The van der Waals surface area contributed by atoms with E-state index in [1.165, 1.54) is 28.0 Å². The highest BCUT2D eigenvalue weighted by molar-refractivity contribution is 8.19. The second kappa shape index (κ2) is 8.46. The molecule has 2 aromatic carbocycles. The minimum absolute atomic E-state index is 0.243. The summed E-state index contributed by atoms with van der Waals surface area (Å²) < 4.78 is 5.42. The molecule has 1 saturated heterocycles. The van der Waals surface area contributed by atoms with E-state index in [0.29, 0.717) is 27.1 Å². The lowest BCUT2D eigenvalue weighted by Crippen LogP contribution is -2.29. The van der Waals surface area contributed by atoms with Crippen molar-refractivity contribution in [3.05, 3.63) is 87.5 Å². The third-order valence-corrected chi connectivity index (χ3v) is 5.96. The van der Waals surface area contributed by atoms with Crippen LogP contribution in [0.4, 0.5) is 5.69 Å².